The number of hydrogen-bond donors (Lipinski definition) is 1. The fourth-order valence-corrected chi connectivity index (χ4v) is 4.36. The molecule has 1 aliphatic heterocycles. The van der Waals surface area contributed by atoms with E-state index in [2.05, 4.69) is 4.98 Å². The molecule has 1 aliphatic rings. The molecule has 1 N–H and O–H groups in total. The summed E-state index contributed by atoms with van der Waals surface area (Å²) in [7, 11) is 1.25. The second kappa shape index (κ2) is 9.00. The number of pyridine rings is 1. The standard InChI is InChI=1S/C23H23ClN4O4/c1-14-11-17-19(22(29)28(14)9-4-8-27-10-7-26-13-27)18(15-5-3-6-16(24)12-15)20(21(25)32-17)23(30)31-2/h3,5-7,10-13,18,20,25H,4,8-9H2,1-2H3/t18-,20?/m1/s1. The van der Waals surface area contributed by atoms with Gasteiger partial charge in [-0.05, 0) is 31.0 Å². The normalized spacial score (nSPS) is 17.5. The number of carbonyl (C=O) groups excluding carboxylic acids is 1. The van der Waals surface area contributed by atoms with Crippen LogP contribution in [-0.2, 0) is 22.6 Å². The van der Waals surface area contributed by atoms with Crippen LogP contribution in [0, 0.1) is 18.3 Å². The molecule has 0 bridgehead atoms. The minimum absolute atomic E-state index is 0.253. The SMILES string of the molecule is COC(=O)C1C(=N)Oc2cc(C)n(CCCn3ccnc3)c(=O)c2[C@H]1c1cccc(Cl)c1. The molecule has 8 nitrogen and oxygen atoms in total. The number of ether oxygens (including phenoxy) is 2. The van der Waals surface area contributed by atoms with Gasteiger partial charge in [0.25, 0.3) is 5.56 Å². The van der Waals surface area contributed by atoms with Crippen molar-refractivity contribution in [2.24, 2.45) is 5.92 Å². The Hall–Kier alpha value is -3.39. The molecular formula is C23H23ClN4O4. The van der Waals surface area contributed by atoms with E-state index < -0.39 is 17.8 Å². The van der Waals surface area contributed by atoms with Crippen molar-refractivity contribution in [1.82, 2.24) is 14.1 Å². The Morgan fingerprint density at radius 2 is 2.12 bits per heavy atom. The van der Waals surface area contributed by atoms with Crippen molar-refractivity contribution in [2.75, 3.05) is 7.11 Å². The summed E-state index contributed by atoms with van der Waals surface area (Å²) in [5.41, 5.74) is 1.44. The Balaban J connectivity index is 1.80. The molecule has 0 spiro atoms. The number of carbonyl (C=O) groups is 1. The third-order valence-electron chi connectivity index (χ3n) is 5.67. The van der Waals surface area contributed by atoms with E-state index in [9.17, 15) is 9.59 Å². The van der Waals surface area contributed by atoms with E-state index in [4.69, 9.17) is 26.5 Å². The largest absolute Gasteiger partial charge is 0.468 e. The van der Waals surface area contributed by atoms with Crippen molar-refractivity contribution < 1.29 is 14.3 Å². The molecule has 0 aliphatic carbocycles. The number of aromatic nitrogens is 3. The van der Waals surface area contributed by atoms with Gasteiger partial charge in [-0.25, -0.2) is 4.98 Å². The van der Waals surface area contributed by atoms with Crippen LogP contribution >= 0.6 is 11.6 Å². The molecule has 9 heteroatoms. The van der Waals surface area contributed by atoms with Gasteiger partial charge in [0.15, 0.2) is 0 Å². The maximum Gasteiger partial charge on any atom is 0.319 e. The fraction of sp³-hybridized carbons (Fsp3) is 0.304. The molecule has 32 heavy (non-hydrogen) atoms. The zero-order chi connectivity index (χ0) is 22.8. The number of hydrogen-bond acceptors (Lipinski definition) is 6. The van der Waals surface area contributed by atoms with Gasteiger partial charge in [-0.2, -0.15) is 0 Å². The lowest BCUT2D eigenvalue weighted by Gasteiger charge is -2.32. The summed E-state index contributed by atoms with van der Waals surface area (Å²) in [4.78, 5) is 30.3. The van der Waals surface area contributed by atoms with Crippen LogP contribution in [0.4, 0.5) is 0 Å². The quantitative estimate of drug-likeness (QED) is 0.575. The number of imidazole rings is 1. The van der Waals surface area contributed by atoms with Crippen LogP contribution < -0.4 is 10.3 Å². The van der Waals surface area contributed by atoms with Gasteiger partial charge in [-0.15, -0.1) is 0 Å². The molecule has 1 unspecified atom stereocenters. The lowest BCUT2D eigenvalue weighted by molar-refractivity contribution is -0.143. The van der Waals surface area contributed by atoms with Crippen LogP contribution in [0.25, 0.3) is 0 Å². The Bertz CT molecular complexity index is 1220. The van der Waals surface area contributed by atoms with E-state index in [1.165, 1.54) is 7.11 Å². The summed E-state index contributed by atoms with van der Waals surface area (Å²) in [6, 6.07) is 8.70. The molecule has 1 aromatic carbocycles. The van der Waals surface area contributed by atoms with Crippen LogP contribution in [0.3, 0.4) is 0 Å². The van der Waals surface area contributed by atoms with E-state index >= 15 is 0 Å². The molecule has 3 heterocycles. The van der Waals surface area contributed by atoms with Gasteiger partial charge in [-0.3, -0.25) is 15.0 Å². The second-order valence-electron chi connectivity index (χ2n) is 7.67. The first kappa shape index (κ1) is 21.8. The third kappa shape index (κ3) is 4.05. The predicted molar refractivity (Wildman–Crippen MR) is 119 cm³/mol. The average Bonchev–Trinajstić information content (AvgIpc) is 3.28. The van der Waals surface area contributed by atoms with Gasteiger partial charge in [0, 0.05) is 48.2 Å². The molecule has 3 aromatic rings. The number of rotatable bonds is 6. The number of esters is 1. The first-order chi connectivity index (χ1) is 15.4. The smallest absolute Gasteiger partial charge is 0.319 e. The van der Waals surface area contributed by atoms with Crippen molar-refractivity contribution >= 4 is 23.5 Å². The molecule has 166 valence electrons. The highest BCUT2D eigenvalue weighted by molar-refractivity contribution is 6.30. The number of aryl methyl sites for hydroxylation is 2. The second-order valence-corrected chi connectivity index (χ2v) is 8.11. The van der Waals surface area contributed by atoms with Crippen LogP contribution in [-0.4, -0.2) is 33.1 Å². The number of methoxy groups -OCH3 is 1. The molecule has 0 amide bonds. The van der Waals surface area contributed by atoms with Gasteiger partial charge in [0.2, 0.25) is 5.90 Å². The van der Waals surface area contributed by atoms with Crippen molar-refractivity contribution in [3.8, 4) is 5.75 Å². The van der Waals surface area contributed by atoms with Crippen molar-refractivity contribution in [3.05, 3.63) is 81.3 Å². The Labute approximate surface area is 189 Å². The summed E-state index contributed by atoms with van der Waals surface area (Å²) < 4.78 is 14.2. The van der Waals surface area contributed by atoms with Crippen LogP contribution in [0.15, 0.2) is 53.8 Å². The number of halogens is 1. The van der Waals surface area contributed by atoms with Gasteiger partial charge in [0.05, 0.1) is 19.0 Å². The predicted octanol–water partition coefficient (Wildman–Crippen LogP) is 3.39. The first-order valence-electron chi connectivity index (χ1n) is 10.2. The highest BCUT2D eigenvalue weighted by atomic mass is 35.5. The first-order valence-corrected chi connectivity index (χ1v) is 10.6. The van der Waals surface area contributed by atoms with Crippen molar-refractivity contribution in [1.29, 1.82) is 5.41 Å². The van der Waals surface area contributed by atoms with Gasteiger partial charge >= 0.3 is 5.97 Å². The monoisotopic (exact) mass is 454 g/mol. The van der Waals surface area contributed by atoms with Gasteiger partial charge < -0.3 is 18.6 Å². The van der Waals surface area contributed by atoms with Crippen LogP contribution in [0.1, 0.15) is 29.2 Å². The van der Waals surface area contributed by atoms with Crippen molar-refractivity contribution in [2.45, 2.75) is 32.4 Å². The van der Waals surface area contributed by atoms with E-state index in [1.807, 2.05) is 17.7 Å². The number of fused-ring (bicyclic) bond motifs is 1. The van der Waals surface area contributed by atoms with Crippen LogP contribution in [0.2, 0.25) is 5.02 Å². The highest BCUT2D eigenvalue weighted by Crippen LogP contribution is 2.41. The minimum atomic E-state index is -1.08. The van der Waals surface area contributed by atoms with Gasteiger partial charge in [0.1, 0.15) is 11.7 Å². The highest BCUT2D eigenvalue weighted by Gasteiger charge is 2.44. The minimum Gasteiger partial charge on any atom is -0.468 e. The lowest BCUT2D eigenvalue weighted by Crippen LogP contribution is -2.42. The Morgan fingerprint density at radius 1 is 1.31 bits per heavy atom. The number of benzene rings is 1. The molecule has 0 radical (unpaired) electrons. The molecule has 0 saturated carbocycles. The van der Waals surface area contributed by atoms with E-state index in [0.29, 0.717) is 34.9 Å². The third-order valence-corrected chi connectivity index (χ3v) is 5.91. The van der Waals surface area contributed by atoms with Crippen LogP contribution in [0.5, 0.6) is 5.75 Å². The Kier molecular flexibility index (Phi) is 6.14. The molecule has 0 fully saturated rings. The Morgan fingerprint density at radius 3 is 2.81 bits per heavy atom. The van der Waals surface area contributed by atoms with E-state index in [0.717, 1.165) is 6.42 Å². The summed E-state index contributed by atoms with van der Waals surface area (Å²) in [5, 5.41) is 8.83. The van der Waals surface area contributed by atoms with Gasteiger partial charge in [-0.1, -0.05) is 23.7 Å². The van der Waals surface area contributed by atoms with Crippen molar-refractivity contribution in [3.63, 3.8) is 0 Å². The zero-order valence-electron chi connectivity index (χ0n) is 17.7. The maximum absolute atomic E-state index is 13.7. The molecule has 2 atom stereocenters. The number of nitrogens with zero attached hydrogens (tertiary/aromatic N) is 3. The molecule has 0 saturated heterocycles. The molecule has 4 rings (SSSR count). The van der Waals surface area contributed by atoms with E-state index in [-0.39, 0.29) is 17.2 Å². The average molecular weight is 455 g/mol. The lowest BCUT2D eigenvalue weighted by atomic mass is 9.78. The zero-order valence-corrected chi connectivity index (χ0v) is 18.5. The molecular weight excluding hydrogens is 432 g/mol. The summed E-state index contributed by atoms with van der Waals surface area (Å²) in [6.07, 6.45) is 6.04. The maximum atomic E-state index is 13.7. The topological polar surface area (TPSA) is 99.2 Å². The molecule has 2 aromatic heterocycles. The van der Waals surface area contributed by atoms with E-state index in [1.54, 1.807) is 47.4 Å². The summed E-state index contributed by atoms with van der Waals surface area (Å²) in [6.45, 7) is 3.03. The summed E-state index contributed by atoms with van der Waals surface area (Å²) >= 11 is 6.21. The fourth-order valence-electron chi connectivity index (χ4n) is 4.16. The summed E-state index contributed by atoms with van der Waals surface area (Å²) in [5.74, 6) is -2.44. The number of nitrogens with one attached hydrogen (secondary N) is 1.